The summed E-state index contributed by atoms with van der Waals surface area (Å²) >= 11 is 11.8. The molecule has 1 N–H and O–H groups in total. The number of anilines is 1. The van der Waals surface area contributed by atoms with E-state index >= 15 is 0 Å². The lowest BCUT2D eigenvalue weighted by Gasteiger charge is -2.14. The predicted octanol–water partition coefficient (Wildman–Crippen LogP) is 4.51. The van der Waals surface area contributed by atoms with Crippen LogP contribution in [0.15, 0.2) is 42.5 Å². The number of aryl methyl sites for hydroxylation is 1. The van der Waals surface area contributed by atoms with Gasteiger partial charge in [0.1, 0.15) is 5.75 Å². The predicted molar refractivity (Wildman–Crippen MR) is 102 cm³/mol. The molecule has 0 aliphatic rings. The molecule has 5 nitrogen and oxygen atoms in total. The van der Waals surface area contributed by atoms with E-state index in [4.69, 9.17) is 32.7 Å². The third kappa shape index (κ3) is 5.93. The summed E-state index contributed by atoms with van der Waals surface area (Å²) in [5.74, 6) is -0.589. The average Bonchev–Trinajstić information content (AvgIpc) is 2.62. The fourth-order valence-corrected chi connectivity index (χ4v) is 2.53. The van der Waals surface area contributed by atoms with Crippen molar-refractivity contribution in [3.8, 4) is 5.75 Å². The third-order valence-corrected chi connectivity index (χ3v) is 4.10. The van der Waals surface area contributed by atoms with Gasteiger partial charge < -0.3 is 14.8 Å². The van der Waals surface area contributed by atoms with Gasteiger partial charge in [-0.05, 0) is 49.2 Å². The Bertz CT molecular complexity index is 778. The van der Waals surface area contributed by atoms with Crippen LogP contribution in [0.25, 0.3) is 0 Å². The van der Waals surface area contributed by atoms with E-state index in [0.717, 1.165) is 6.42 Å². The SMILES string of the molecule is CCc1ccc(OCC(=O)OC(C)C(=O)Nc2ccc(Cl)cc2Cl)cc1. The molecule has 2 rings (SSSR count). The van der Waals surface area contributed by atoms with Gasteiger partial charge in [0, 0.05) is 5.02 Å². The monoisotopic (exact) mass is 395 g/mol. The molecule has 1 atom stereocenters. The quantitative estimate of drug-likeness (QED) is 0.700. The fourth-order valence-electron chi connectivity index (χ4n) is 2.07. The topological polar surface area (TPSA) is 64.6 Å². The van der Waals surface area contributed by atoms with E-state index in [1.165, 1.54) is 18.6 Å². The van der Waals surface area contributed by atoms with Crippen molar-refractivity contribution in [1.82, 2.24) is 0 Å². The van der Waals surface area contributed by atoms with Gasteiger partial charge in [-0.3, -0.25) is 4.79 Å². The van der Waals surface area contributed by atoms with E-state index in [1.54, 1.807) is 24.3 Å². The molecule has 26 heavy (non-hydrogen) atoms. The summed E-state index contributed by atoms with van der Waals surface area (Å²) in [5.41, 5.74) is 1.56. The summed E-state index contributed by atoms with van der Waals surface area (Å²) in [6.07, 6.45) is -0.0765. The Morgan fingerprint density at radius 2 is 1.81 bits per heavy atom. The van der Waals surface area contributed by atoms with Gasteiger partial charge in [-0.1, -0.05) is 42.3 Å². The molecule has 0 fully saturated rings. The second-order valence-electron chi connectivity index (χ2n) is 5.53. The lowest BCUT2D eigenvalue weighted by molar-refractivity contribution is -0.155. The number of amides is 1. The summed E-state index contributed by atoms with van der Waals surface area (Å²) in [5, 5.41) is 3.33. The number of ether oxygens (including phenoxy) is 2. The molecule has 0 heterocycles. The van der Waals surface area contributed by atoms with Gasteiger partial charge in [0.15, 0.2) is 12.7 Å². The highest BCUT2D eigenvalue weighted by molar-refractivity contribution is 6.36. The van der Waals surface area contributed by atoms with Gasteiger partial charge in [0.25, 0.3) is 5.91 Å². The number of carbonyl (C=O) groups is 2. The molecule has 0 aliphatic carbocycles. The highest BCUT2D eigenvalue weighted by atomic mass is 35.5. The van der Waals surface area contributed by atoms with Crippen LogP contribution in [-0.2, 0) is 20.7 Å². The van der Waals surface area contributed by atoms with Gasteiger partial charge in [-0.25, -0.2) is 4.79 Å². The third-order valence-electron chi connectivity index (χ3n) is 3.55. The number of rotatable bonds is 7. The first-order valence-electron chi connectivity index (χ1n) is 8.06. The molecule has 2 aromatic rings. The van der Waals surface area contributed by atoms with Crippen LogP contribution in [0.5, 0.6) is 5.75 Å². The lowest BCUT2D eigenvalue weighted by atomic mass is 10.2. The van der Waals surface area contributed by atoms with Crippen molar-refractivity contribution in [3.05, 3.63) is 58.1 Å². The Morgan fingerprint density at radius 1 is 1.12 bits per heavy atom. The summed E-state index contributed by atoms with van der Waals surface area (Å²) < 4.78 is 10.4. The van der Waals surface area contributed by atoms with E-state index in [0.29, 0.717) is 21.5 Å². The Labute approximate surface area is 162 Å². The zero-order valence-corrected chi connectivity index (χ0v) is 15.9. The van der Waals surface area contributed by atoms with Crippen molar-refractivity contribution < 1.29 is 19.1 Å². The normalized spacial score (nSPS) is 11.5. The first-order chi connectivity index (χ1) is 12.4. The molecule has 7 heteroatoms. The summed E-state index contributed by atoms with van der Waals surface area (Å²) in [4.78, 5) is 24.0. The Balaban J connectivity index is 1.82. The fraction of sp³-hybridized carbons (Fsp3) is 0.263. The summed E-state index contributed by atoms with van der Waals surface area (Å²) in [7, 11) is 0. The van der Waals surface area contributed by atoms with Crippen LogP contribution in [0.3, 0.4) is 0 Å². The number of esters is 1. The minimum Gasteiger partial charge on any atom is -0.482 e. The Hall–Kier alpha value is -2.24. The van der Waals surface area contributed by atoms with Crippen molar-refractivity contribution >= 4 is 40.8 Å². The summed E-state index contributed by atoms with van der Waals surface area (Å²) in [6.45, 7) is 3.23. The second-order valence-corrected chi connectivity index (χ2v) is 6.38. The first kappa shape index (κ1) is 20.1. The van der Waals surface area contributed by atoms with Gasteiger partial charge in [0.05, 0.1) is 10.7 Å². The van der Waals surface area contributed by atoms with E-state index in [9.17, 15) is 9.59 Å². The molecule has 0 saturated heterocycles. The van der Waals surface area contributed by atoms with Crippen LogP contribution in [0.2, 0.25) is 10.0 Å². The maximum Gasteiger partial charge on any atom is 0.344 e. The first-order valence-corrected chi connectivity index (χ1v) is 8.81. The molecule has 1 unspecified atom stereocenters. The minimum atomic E-state index is -1.000. The van der Waals surface area contributed by atoms with Crippen molar-refractivity contribution in [1.29, 1.82) is 0 Å². The zero-order chi connectivity index (χ0) is 19.1. The van der Waals surface area contributed by atoms with E-state index in [2.05, 4.69) is 12.2 Å². The maximum absolute atomic E-state index is 12.1. The molecular weight excluding hydrogens is 377 g/mol. The van der Waals surface area contributed by atoms with Gasteiger partial charge in [-0.2, -0.15) is 0 Å². The van der Waals surface area contributed by atoms with Crippen molar-refractivity contribution in [2.45, 2.75) is 26.4 Å². The van der Waals surface area contributed by atoms with Crippen molar-refractivity contribution in [3.63, 3.8) is 0 Å². The van der Waals surface area contributed by atoms with Crippen LogP contribution in [-0.4, -0.2) is 24.6 Å². The highest BCUT2D eigenvalue weighted by Gasteiger charge is 2.19. The molecule has 0 bridgehead atoms. The second kappa shape index (κ2) is 9.46. The summed E-state index contributed by atoms with van der Waals surface area (Å²) in [6, 6.07) is 12.1. The van der Waals surface area contributed by atoms with Crippen LogP contribution in [0.1, 0.15) is 19.4 Å². The van der Waals surface area contributed by atoms with Gasteiger partial charge >= 0.3 is 5.97 Å². The molecular formula is C19H19Cl2NO4. The Kier molecular flexibility index (Phi) is 7.30. The van der Waals surface area contributed by atoms with Crippen LogP contribution >= 0.6 is 23.2 Å². The number of carbonyl (C=O) groups excluding carboxylic acids is 2. The zero-order valence-electron chi connectivity index (χ0n) is 14.4. The minimum absolute atomic E-state index is 0.287. The standard InChI is InChI=1S/C19H19Cl2NO4/c1-3-13-4-7-15(8-5-13)25-11-18(23)26-12(2)19(24)22-17-9-6-14(20)10-16(17)21/h4-10,12H,3,11H2,1-2H3,(H,22,24). The van der Waals surface area contributed by atoms with Crippen LogP contribution in [0, 0.1) is 0 Å². The number of benzene rings is 2. The molecule has 0 spiro atoms. The van der Waals surface area contributed by atoms with Crippen molar-refractivity contribution in [2.24, 2.45) is 0 Å². The van der Waals surface area contributed by atoms with E-state index in [-0.39, 0.29) is 6.61 Å². The number of hydrogen-bond donors (Lipinski definition) is 1. The van der Waals surface area contributed by atoms with Gasteiger partial charge in [-0.15, -0.1) is 0 Å². The Morgan fingerprint density at radius 3 is 2.42 bits per heavy atom. The number of hydrogen-bond acceptors (Lipinski definition) is 4. The number of halogens is 2. The average molecular weight is 396 g/mol. The number of nitrogens with one attached hydrogen (secondary N) is 1. The molecule has 0 aliphatic heterocycles. The van der Waals surface area contributed by atoms with E-state index in [1.807, 2.05) is 12.1 Å². The lowest BCUT2D eigenvalue weighted by Crippen LogP contribution is -2.31. The molecule has 0 saturated carbocycles. The van der Waals surface area contributed by atoms with Crippen LogP contribution in [0.4, 0.5) is 5.69 Å². The highest BCUT2D eigenvalue weighted by Crippen LogP contribution is 2.25. The molecule has 138 valence electrons. The van der Waals surface area contributed by atoms with Gasteiger partial charge in [0.2, 0.25) is 0 Å². The maximum atomic E-state index is 12.1. The molecule has 2 aromatic carbocycles. The molecule has 0 aromatic heterocycles. The molecule has 0 radical (unpaired) electrons. The van der Waals surface area contributed by atoms with Crippen LogP contribution < -0.4 is 10.1 Å². The molecule has 1 amide bonds. The van der Waals surface area contributed by atoms with Crippen molar-refractivity contribution in [2.75, 3.05) is 11.9 Å². The smallest absolute Gasteiger partial charge is 0.344 e. The largest absolute Gasteiger partial charge is 0.482 e. The van der Waals surface area contributed by atoms with E-state index < -0.39 is 18.0 Å².